The zero-order valence-corrected chi connectivity index (χ0v) is 9.10. The van der Waals surface area contributed by atoms with Gasteiger partial charge in [-0.3, -0.25) is 14.3 Å². The molecule has 0 aromatic carbocycles. The van der Waals surface area contributed by atoms with E-state index >= 15 is 0 Å². The van der Waals surface area contributed by atoms with Crippen molar-refractivity contribution in [2.24, 2.45) is 5.16 Å². The van der Waals surface area contributed by atoms with Gasteiger partial charge in [-0.25, -0.2) is 4.39 Å². The summed E-state index contributed by atoms with van der Waals surface area (Å²) in [7, 11) is 0. The van der Waals surface area contributed by atoms with Crippen molar-refractivity contribution in [2.75, 3.05) is 6.61 Å². The number of aliphatic hydroxyl groups is 2. The molecule has 0 radical (unpaired) electrons. The van der Waals surface area contributed by atoms with Gasteiger partial charge in [0.15, 0.2) is 12.4 Å². The Morgan fingerprint density at radius 3 is 2.89 bits per heavy atom. The summed E-state index contributed by atoms with van der Waals surface area (Å²) in [5, 5.41) is 29.9. The van der Waals surface area contributed by atoms with E-state index in [1.807, 2.05) is 0 Å². The van der Waals surface area contributed by atoms with Crippen molar-refractivity contribution in [3.8, 4) is 0 Å². The zero-order valence-electron chi connectivity index (χ0n) is 9.10. The second-order valence-corrected chi connectivity index (χ2v) is 3.82. The Kier molecular flexibility index (Phi) is 3.45. The third-order valence-corrected chi connectivity index (χ3v) is 2.71. The summed E-state index contributed by atoms with van der Waals surface area (Å²) in [4.78, 5) is 13.2. The number of halogens is 1. The van der Waals surface area contributed by atoms with Crippen LogP contribution in [0.2, 0.25) is 0 Å². The summed E-state index contributed by atoms with van der Waals surface area (Å²) in [6.45, 7) is -0.548. The summed E-state index contributed by atoms with van der Waals surface area (Å²) in [6.07, 6.45) is -4.52. The molecule has 0 amide bonds. The average Bonchev–Trinajstić information content (AvgIpc) is 2.66. The Bertz CT molecular complexity index is 541. The van der Waals surface area contributed by atoms with Gasteiger partial charge in [0.25, 0.3) is 5.56 Å². The molecule has 2 rings (SSSR count). The number of alkyl halides is 1. The number of aliphatic hydroxyl groups excluding tert-OH is 2. The van der Waals surface area contributed by atoms with Gasteiger partial charge in [0, 0.05) is 12.3 Å². The molecule has 8 nitrogen and oxygen atoms in total. The topological polar surface area (TPSA) is 120 Å². The van der Waals surface area contributed by atoms with Crippen LogP contribution in [0.3, 0.4) is 0 Å². The molecule has 1 aliphatic rings. The smallest absolute Gasteiger partial charge is 0.252 e. The van der Waals surface area contributed by atoms with E-state index in [2.05, 4.69) is 10.1 Å². The van der Waals surface area contributed by atoms with Gasteiger partial charge in [-0.2, -0.15) is 0 Å². The van der Waals surface area contributed by atoms with Gasteiger partial charge < -0.3 is 20.2 Å². The van der Waals surface area contributed by atoms with Crippen molar-refractivity contribution in [2.45, 2.75) is 24.6 Å². The van der Waals surface area contributed by atoms with E-state index in [9.17, 15) is 14.3 Å². The van der Waals surface area contributed by atoms with Crippen LogP contribution in [0.15, 0.2) is 22.2 Å². The third kappa shape index (κ3) is 2.03. The van der Waals surface area contributed by atoms with Crippen LogP contribution < -0.4 is 11.2 Å². The first-order chi connectivity index (χ1) is 8.58. The van der Waals surface area contributed by atoms with E-state index in [1.54, 1.807) is 0 Å². The molecule has 0 unspecified atom stereocenters. The van der Waals surface area contributed by atoms with E-state index in [0.717, 1.165) is 16.8 Å². The lowest BCUT2D eigenvalue weighted by Crippen LogP contribution is -2.36. The maximum absolute atomic E-state index is 13.8. The fourth-order valence-corrected chi connectivity index (χ4v) is 1.80. The number of H-pyrrole nitrogens is 1. The molecular formula is C9H12FN3O5. The molecule has 1 aliphatic heterocycles. The molecule has 0 saturated carbocycles. The molecule has 9 heteroatoms. The lowest BCUT2D eigenvalue weighted by atomic mass is 10.1. The van der Waals surface area contributed by atoms with Crippen molar-refractivity contribution < 1.29 is 24.5 Å². The number of rotatable bonds is 2. The average molecular weight is 261 g/mol. The van der Waals surface area contributed by atoms with Crippen LogP contribution in [0.25, 0.3) is 0 Å². The lowest BCUT2D eigenvalue weighted by molar-refractivity contribution is -0.0501. The van der Waals surface area contributed by atoms with Crippen molar-refractivity contribution >= 4 is 0 Å². The first kappa shape index (κ1) is 12.7. The minimum absolute atomic E-state index is 0.319. The maximum Gasteiger partial charge on any atom is 0.252 e. The van der Waals surface area contributed by atoms with Crippen molar-refractivity contribution in [3.63, 3.8) is 0 Å². The number of nitrogens with one attached hydrogen (secondary N) is 1. The Morgan fingerprint density at radius 1 is 1.61 bits per heavy atom. The van der Waals surface area contributed by atoms with Crippen LogP contribution in [0.4, 0.5) is 4.39 Å². The predicted octanol–water partition coefficient (Wildman–Crippen LogP) is -1.94. The van der Waals surface area contributed by atoms with E-state index < -0.39 is 36.8 Å². The highest BCUT2D eigenvalue weighted by atomic mass is 19.1. The largest absolute Gasteiger partial charge is 0.408 e. The molecule has 0 aliphatic carbocycles. The first-order valence-electron chi connectivity index (χ1n) is 5.16. The number of ether oxygens (including phenoxy) is 1. The molecule has 1 saturated heterocycles. The Balaban J connectivity index is 2.42. The summed E-state index contributed by atoms with van der Waals surface area (Å²) in [6, 6.07) is 1.09. The Morgan fingerprint density at radius 2 is 2.33 bits per heavy atom. The number of nitrogens with zero attached hydrogens (tertiary/aromatic N) is 2. The van der Waals surface area contributed by atoms with Gasteiger partial charge in [-0.15, -0.1) is 0 Å². The Labute approximate surface area is 99.6 Å². The number of hydrogen-bond donors (Lipinski definition) is 4. The first-order valence-corrected chi connectivity index (χ1v) is 5.16. The molecule has 4 N–H and O–H groups in total. The van der Waals surface area contributed by atoms with Gasteiger partial charge in [0.05, 0.1) is 6.61 Å². The summed E-state index contributed by atoms with van der Waals surface area (Å²) >= 11 is 0. The van der Waals surface area contributed by atoms with E-state index in [0.29, 0.717) is 0 Å². The molecule has 18 heavy (non-hydrogen) atoms. The SMILES string of the molecule is O=c1ccn([C@@H]2O[C@H](CO)[C@@H](O)[C@H]2F)/c(=N/O)[nH]1. The van der Waals surface area contributed by atoms with Gasteiger partial charge in [0.1, 0.15) is 12.2 Å². The molecule has 1 fully saturated rings. The normalized spacial score (nSPS) is 32.9. The highest BCUT2D eigenvalue weighted by Gasteiger charge is 2.45. The predicted molar refractivity (Wildman–Crippen MR) is 54.3 cm³/mol. The van der Waals surface area contributed by atoms with Gasteiger partial charge in [-0.05, 0) is 0 Å². The van der Waals surface area contributed by atoms with E-state index in [4.69, 9.17) is 15.1 Å². The molecular weight excluding hydrogens is 249 g/mol. The fraction of sp³-hybridized carbons (Fsp3) is 0.556. The molecule has 100 valence electrons. The summed E-state index contributed by atoms with van der Waals surface area (Å²) < 4.78 is 19.9. The molecule has 1 aromatic rings. The van der Waals surface area contributed by atoms with Gasteiger partial charge in [0.2, 0.25) is 5.62 Å². The van der Waals surface area contributed by atoms with Crippen LogP contribution in [0.5, 0.6) is 0 Å². The minimum atomic E-state index is -1.82. The zero-order chi connectivity index (χ0) is 13.3. The quantitative estimate of drug-likeness (QED) is 0.364. The van der Waals surface area contributed by atoms with Crippen LogP contribution in [-0.2, 0) is 4.74 Å². The molecule has 0 spiro atoms. The van der Waals surface area contributed by atoms with Crippen LogP contribution >= 0.6 is 0 Å². The van der Waals surface area contributed by atoms with Crippen LogP contribution in [0.1, 0.15) is 6.23 Å². The molecule has 0 bridgehead atoms. The van der Waals surface area contributed by atoms with Gasteiger partial charge >= 0.3 is 0 Å². The molecule has 2 heterocycles. The third-order valence-electron chi connectivity index (χ3n) is 2.71. The van der Waals surface area contributed by atoms with E-state index in [1.165, 1.54) is 0 Å². The number of aromatic amines is 1. The van der Waals surface area contributed by atoms with Crippen molar-refractivity contribution in [1.29, 1.82) is 0 Å². The second-order valence-electron chi connectivity index (χ2n) is 3.82. The highest BCUT2D eigenvalue weighted by molar-refractivity contribution is 4.92. The number of hydrogen-bond acceptors (Lipinski definition) is 6. The Hall–Kier alpha value is -1.71. The van der Waals surface area contributed by atoms with Crippen molar-refractivity contribution in [1.82, 2.24) is 9.55 Å². The summed E-state index contributed by atoms with van der Waals surface area (Å²) in [5.74, 6) is 0. The van der Waals surface area contributed by atoms with E-state index in [-0.39, 0.29) is 5.62 Å². The molecule has 1 aromatic heterocycles. The fourth-order valence-electron chi connectivity index (χ4n) is 1.80. The van der Waals surface area contributed by atoms with Crippen LogP contribution in [-0.4, -0.2) is 50.0 Å². The molecule has 4 atom stereocenters. The highest BCUT2D eigenvalue weighted by Crippen LogP contribution is 2.30. The van der Waals surface area contributed by atoms with Gasteiger partial charge in [-0.1, -0.05) is 5.16 Å². The lowest BCUT2D eigenvalue weighted by Gasteiger charge is -2.16. The second kappa shape index (κ2) is 4.88. The van der Waals surface area contributed by atoms with Crippen molar-refractivity contribution in [3.05, 3.63) is 28.2 Å². The maximum atomic E-state index is 13.8. The van der Waals surface area contributed by atoms with Crippen LogP contribution in [0, 0.1) is 0 Å². The minimum Gasteiger partial charge on any atom is -0.408 e. The number of aromatic nitrogens is 2. The standard InChI is InChI=1S/C9H12FN3O5/c10-6-7(16)4(3-14)18-8(6)13-2-1-5(15)11-9(13)12-17/h1-2,4,6-8,14,16-17H,3H2,(H,11,12,15)/t4-,6-,7-,8-/m1/s1. The summed E-state index contributed by atoms with van der Waals surface area (Å²) in [5.41, 5.74) is -0.854. The monoisotopic (exact) mass is 261 g/mol.